The number of rotatable bonds is 3. The second-order valence-electron chi connectivity index (χ2n) is 4.71. The molecule has 0 aliphatic heterocycles. The summed E-state index contributed by atoms with van der Waals surface area (Å²) in [6.45, 7) is 4.34. The maximum absolute atomic E-state index is 9.00. The zero-order valence-electron chi connectivity index (χ0n) is 10.9. The molecule has 3 heteroatoms. The summed E-state index contributed by atoms with van der Waals surface area (Å²) in [5.74, 6) is 0.450. The van der Waals surface area contributed by atoms with E-state index in [1.165, 1.54) is 5.56 Å². The van der Waals surface area contributed by atoms with Crippen molar-refractivity contribution in [2.75, 3.05) is 5.32 Å². The van der Waals surface area contributed by atoms with Gasteiger partial charge in [0.15, 0.2) is 0 Å². The van der Waals surface area contributed by atoms with Gasteiger partial charge in [0.25, 0.3) is 0 Å². The van der Waals surface area contributed by atoms with Crippen LogP contribution in [0, 0.1) is 11.3 Å². The number of benzene rings is 2. The van der Waals surface area contributed by atoms with E-state index in [2.05, 4.69) is 53.3 Å². The lowest BCUT2D eigenvalue weighted by molar-refractivity contribution is 0.869. The normalized spacial score (nSPS) is 10.3. The molecular weight excluding hydrogens is 300 g/mol. The Bertz CT molecular complexity index is 627. The maximum Gasteiger partial charge on any atom is 0.0992 e. The van der Waals surface area contributed by atoms with Crippen molar-refractivity contribution in [1.29, 1.82) is 5.26 Å². The minimum Gasteiger partial charge on any atom is -0.355 e. The van der Waals surface area contributed by atoms with Crippen molar-refractivity contribution < 1.29 is 0 Å². The van der Waals surface area contributed by atoms with Crippen LogP contribution in [0.1, 0.15) is 30.9 Å². The molecule has 2 nitrogen and oxygen atoms in total. The third kappa shape index (κ3) is 3.36. The molecule has 0 saturated carbocycles. The number of anilines is 2. The summed E-state index contributed by atoms with van der Waals surface area (Å²) < 4.78 is 0.899. The molecule has 0 unspecified atom stereocenters. The predicted octanol–water partition coefficient (Wildman–Crippen LogP) is 5.19. The molecule has 19 heavy (non-hydrogen) atoms. The fourth-order valence-corrected chi connectivity index (χ4v) is 2.49. The molecule has 0 fully saturated rings. The molecule has 96 valence electrons. The minimum absolute atomic E-state index is 0.450. The number of nitrogens with one attached hydrogen (secondary N) is 1. The lowest BCUT2D eigenvalue weighted by Gasteiger charge is -2.15. The van der Waals surface area contributed by atoms with Crippen molar-refractivity contribution in [2.24, 2.45) is 0 Å². The number of halogens is 1. The highest BCUT2D eigenvalue weighted by molar-refractivity contribution is 9.10. The van der Waals surface area contributed by atoms with Crippen molar-refractivity contribution >= 4 is 27.3 Å². The summed E-state index contributed by atoms with van der Waals surface area (Å²) in [6, 6.07) is 16.0. The zero-order valence-corrected chi connectivity index (χ0v) is 12.5. The molecule has 0 aromatic heterocycles. The SMILES string of the molecule is CC(C)c1ccccc1Nc1cc(Br)cc(C#N)c1. The average molecular weight is 315 g/mol. The molecule has 0 spiro atoms. The summed E-state index contributed by atoms with van der Waals surface area (Å²) in [7, 11) is 0. The highest BCUT2D eigenvalue weighted by Crippen LogP contribution is 2.28. The van der Waals surface area contributed by atoms with Gasteiger partial charge in [-0.3, -0.25) is 0 Å². The van der Waals surface area contributed by atoms with Crippen LogP contribution in [0.2, 0.25) is 0 Å². The maximum atomic E-state index is 9.00. The van der Waals surface area contributed by atoms with Gasteiger partial charge in [-0.2, -0.15) is 5.26 Å². The van der Waals surface area contributed by atoms with Gasteiger partial charge < -0.3 is 5.32 Å². The molecule has 0 bridgehead atoms. The van der Waals surface area contributed by atoms with Gasteiger partial charge in [-0.1, -0.05) is 48.0 Å². The molecule has 2 aromatic rings. The molecule has 1 N–H and O–H groups in total. The first-order chi connectivity index (χ1) is 9.10. The first kappa shape index (κ1) is 13.6. The van der Waals surface area contributed by atoms with Crippen LogP contribution in [-0.2, 0) is 0 Å². The second-order valence-corrected chi connectivity index (χ2v) is 5.62. The molecule has 2 rings (SSSR count). The van der Waals surface area contributed by atoms with Crippen LogP contribution in [0.4, 0.5) is 11.4 Å². The lowest BCUT2D eigenvalue weighted by Crippen LogP contribution is -1.97. The largest absolute Gasteiger partial charge is 0.355 e. The van der Waals surface area contributed by atoms with Crippen LogP contribution in [0.15, 0.2) is 46.9 Å². The van der Waals surface area contributed by atoms with Crippen molar-refractivity contribution in [3.63, 3.8) is 0 Å². The second kappa shape index (κ2) is 5.90. The zero-order chi connectivity index (χ0) is 13.8. The number of nitriles is 1. The smallest absolute Gasteiger partial charge is 0.0992 e. The topological polar surface area (TPSA) is 35.8 Å². The van der Waals surface area contributed by atoms with Gasteiger partial charge in [0.05, 0.1) is 11.6 Å². The minimum atomic E-state index is 0.450. The molecule has 0 radical (unpaired) electrons. The van der Waals surface area contributed by atoms with Gasteiger partial charge in [0.2, 0.25) is 0 Å². The number of nitrogens with zero attached hydrogens (tertiary/aromatic N) is 1. The van der Waals surface area contributed by atoms with E-state index in [4.69, 9.17) is 5.26 Å². The fraction of sp³-hybridized carbons (Fsp3) is 0.188. The molecule has 0 heterocycles. The Morgan fingerprint density at radius 2 is 1.89 bits per heavy atom. The number of para-hydroxylation sites is 1. The fourth-order valence-electron chi connectivity index (χ4n) is 2.00. The van der Waals surface area contributed by atoms with E-state index in [9.17, 15) is 0 Å². The summed E-state index contributed by atoms with van der Waals surface area (Å²) in [6.07, 6.45) is 0. The third-order valence-corrected chi connectivity index (χ3v) is 3.35. The van der Waals surface area contributed by atoms with Crippen molar-refractivity contribution in [3.8, 4) is 6.07 Å². The summed E-state index contributed by atoms with van der Waals surface area (Å²) in [5.41, 5.74) is 3.90. The number of hydrogen-bond donors (Lipinski definition) is 1. The molecule has 0 aliphatic rings. The molecule has 0 atom stereocenters. The highest BCUT2D eigenvalue weighted by atomic mass is 79.9. The first-order valence-electron chi connectivity index (χ1n) is 6.17. The average Bonchev–Trinajstić information content (AvgIpc) is 2.38. The van der Waals surface area contributed by atoms with Crippen LogP contribution >= 0.6 is 15.9 Å². The van der Waals surface area contributed by atoms with Gasteiger partial charge in [0, 0.05) is 15.8 Å². The van der Waals surface area contributed by atoms with E-state index in [-0.39, 0.29) is 0 Å². The van der Waals surface area contributed by atoms with E-state index < -0.39 is 0 Å². The molecular formula is C16H15BrN2. The molecule has 0 saturated heterocycles. The van der Waals surface area contributed by atoms with Crippen molar-refractivity contribution in [3.05, 3.63) is 58.1 Å². The van der Waals surface area contributed by atoms with E-state index in [1.807, 2.05) is 24.3 Å². The Hall–Kier alpha value is -1.79. The Morgan fingerprint density at radius 1 is 1.16 bits per heavy atom. The van der Waals surface area contributed by atoms with E-state index in [0.717, 1.165) is 15.8 Å². The molecule has 2 aromatic carbocycles. The Labute approximate surface area is 122 Å². The Kier molecular flexibility index (Phi) is 4.24. The van der Waals surface area contributed by atoms with Crippen LogP contribution in [-0.4, -0.2) is 0 Å². The molecule has 0 amide bonds. The van der Waals surface area contributed by atoms with Gasteiger partial charge >= 0.3 is 0 Å². The van der Waals surface area contributed by atoms with Crippen LogP contribution in [0.3, 0.4) is 0 Å². The van der Waals surface area contributed by atoms with Crippen molar-refractivity contribution in [1.82, 2.24) is 0 Å². The first-order valence-corrected chi connectivity index (χ1v) is 6.96. The van der Waals surface area contributed by atoms with Gasteiger partial charge in [-0.25, -0.2) is 0 Å². The van der Waals surface area contributed by atoms with Gasteiger partial charge in [-0.15, -0.1) is 0 Å². The summed E-state index contributed by atoms with van der Waals surface area (Å²) >= 11 is 3.42. The van der Waals surface area contributed by atoms with Crippen LogP contribution in [0.5, 0.6) is 0 Å². The lowest BCUT2D eigenvalue weighted by atomic mass is 10.0. The highest BCUT2D eigenvalue weighted by Gasteiger charge is 2.06. The van der Waals surface area contributed by atoms with E-state index in [1.54, 1.807) is 6.07 Å². The third-order valence-electron chi connectivity index (χ3n) is 2.89. The van der Waals surface area contributed by atoms with Crippen LogP contribution in [0.25, 0.3) is 0 Å². The molecule has 0 aliphatic carbocycles. The Morgan fingerprint density at radius 3 is 2.58 bits per heavy atom. The van der Waals surface area contributed by atoms with E-state index in [0.29, 0.717) is 11.5 Å². The number of hydrogen-bond acceptors (Lipinski definition) is 2. The van der Waals surface area contributed by atoms with Crippen LogP contribution < -0.4 is 5.32 Å². The predicted molar refractivity (Wildman–Crippen MR) is 82.7 cm³/mol. The summed E-state index contributed by atoms with van der Waals surface area (Å²) in [4.78, 5) is 0. The van der Waals surface area contributed by atoms with E-state index >= 15 is 0 Å². The van der Waals surface area contributed by atoms with Gasteiger partial charge in [-0.05, 0) is 35.7 Å². The Balaban J connectivity index is 2.37. The van der Waals surface area contributed by atoms with Gasteiger partial charge in [0.1, 0.15) is 0 Å². The standard InChI is InChI=1S/C16H15BrN2/c1-11(2)15-5-3-4-6-16(15)19-14-8-12(10-18)7-13(17)9-14/h3-9,11,19H,1-2H3. The monoisotopic (exact) mass is 314 g/mol. The summed E-state index contributed by atoms with van der Waals surface area (Å²) in [5, 5.41) is 12.4. The quantitative estimate of drug-likeness (QED) is 0.846. The van der Waals surface area contributed by atoms with Crippen molar-refractivity contribution in [2.45, 2.75) is 19.8 Å².